The molecule has 0 saturated carbocycles. The van der Waals surface area contributed by atoms with Crippen LogP contribution in [0.2, 0.25) is 0 Å². The predicted octanol–water partition coefficient (Wildman–Crippen LogP) is 3.44. The summed E-state index contributed by atoms with van der Waals surface area (Å²) >= 11 is 0. The van der Waals surface area contributed by atoms with Gasteiger partial charge in [-0.25, -0.2) is 0 Å². The Hall–Kier alpha value is -1.06. The first-order valence-corrected chi connectivity index (χ1v) is 10.2. The van der Waals surface area contributed by atoms with E-state index in [1.54, 1.807) is 6.26 Å². The van der Waals surface area contributed by atoms with Gasteiger partial charge in [-0.1, -0.05) is 12.2 Å². The highest BCUT2D eigenvalue weighted by Crippen LogP contribution is 2.11. The van der Waals surface area contributed by atoms with Crippen LogP contribution in [-0.4, -0.2) is 62.8 Å². The minimum atomic E-state index is 0. The molecule has 1 aliphatic rings. The molecule has 0 aromatic carbocycles. The summed E-state index contributed by atoms with van der Waals surface area (Å²) in [5.41, 5.74) is 1.23. The standard InChI is InChI=1S/C21H36N4O2.HI/c1-4-26-15-6-11-22-21(23-12-8-20-7-5-16-27-20)24-19-9-13-25(14-10-19)17-18(2)3;/h5,7,16,19H,2,4,6,8-15,17H2,1,3H3,(H2,22,23,24);1H. The number of hydrogen-bond donors (Lipinski definition) is 2. The lowest BCUT2D eigenvalue weighted by molar-refractivity contribution is 0.146. The van der Waals surface area contributed by atoms with Crippen molar-refractivity contribution in [2.45, 2.75) is 45.6 Å². The largest absolute Gasteiger partial charge is 0.469 e. The van der Waals surface area contributed by atoms with Crippen molar-refractivity contribution in [1.29, 1.82) is 0 Å². The van der Waals surface area contributed by atoms with Gasteiger partial charge in [0.25, 0.3) is 0 Å². The van der Waals surface area contributed by atoms with Gasteiger partial charge in [-0.05, 0) is 45.2 Å². The summed E-state index contributed by atoms with van der Waals surface area (Å²) in [6, 6.07) is 4.40. The number of ether oxygens (including phenoxy) is 1. The van der Waals surface area contributed by atoms with Crippen LogP contribution >= 0.6 is 24.0 Å². The molecule has 0 unspecified atom stereocenters. The fraction of sp³-hybridized carbons (Fsp3) is 0.667. The highest BCUT2D eigenvalue weighted by molar-refractivity contribution is 14.0. The Bertz CT molecular complexity index is 555. The molecule has 1 fully saturated rings. The summed E-state index contributed by atoms with van der Waals surface area (Å²) in [6.45, 7) is 14.5. The fourth-order valence-electron chi connectivity index (χ4n) is 3.22. The van der Waals surface area contributed by atoms with Gasteiger partial charge in [0.2, 0.25) is 0 Å². The van der Waals surface area contributed by atoms with E-state index in [0.717, 1.165) is 83.3 Å². The molecule has 0 aliphatic carbocycles. The Morgan fingerprint density at radius 1 is 1.39 bits per heavy atom. The Labute approximate surface area is 187 Å². The van der Waals surface area contributed by atoms with Crippen LogP contribution in [0.5, 0.6) is 0 Å². The molecule has 0 radical (unpaired) electrons. The number of rotatable bonds is 11. The normalized spacial score (nSPS) is 15.9. The number of furan rings is 1. The van der Waals surface area contributed by atoms with Crippen molar-refractivity contribution in [1.82, 2.24) is 15.5 Å². The average Bonchev–Trinajstić information content (AvgIpc) is 3.16. The van der Waals surface area contributed by atoms with Gasteiger partial charge in [-0.2, -0.15) is 0 Å². The molecule has 0 spiro atoms. The van der Waals surface area contributed by atoms with E-state index in [1.165, 1.54) is 5.57 Å². The van der Waals surface area contributed by atoms with Gasteiger partial charge < -0.3 is 19.8 Å². The van der Waals surface area contributed by atoms with Crippen molar-refractivity contribution in [3.8, 4) is 0 Å². The van der Waals surface area contributed by atoms with Crippen molar-refractivity contribution in [3.05, 3.63) is 36.3 Å². The lowest BCUT2D eigenvalue weighted by Gasteiger charge is -2.33. The van der Waals surface area contributed by atoms with Crippen LogP contribution < -0.4 is 10.6 Å². The minimum Gasteiger partial charge on any atom is -0.469 e. The number of halogens is 1. The number of nitrogens with zero attached hydrogens (tertiary/aromatic N) is 2. The summed E-state index contributed by atoms with van der Waals surface area (Å²) < 4.78 is 10.8. The first kappa shape index (κ1) is 25.0. The summed E-state index contributed by atoms with van der Waals surface area (Å²) in [4.78, 5) is 7.21. The zero-order chi connectivity index (χ0) is 19.3. The number of aliphatic imine (C=N–C) groups is 1. The van der Waals surface area contributed by atoms with Crippen molar-refractivity contribution < 1.29 is 9.15 Å². The molecule has 1 aromatic rings. The van der Waals surface area contributed by atoms with Crippen LogP contribution in [0.1, 0.15) is 38.9 Å². The third-order valence-corrected chi connectivity index (χ3v) is 4.59. The smallest absolute Gasteiger partial charge is 0.191 e. The zero-order valence-electron chi connectivity index (χ0n) is 17.4. The fourth-order valence-corrected chi connectivity index (χ4v) is 3.22. The molecule has 2 heterocycles. The van der Waals surface area contributed by atoms with E-state index in [1.807, 2.05) is 19.1 Å². The van der Waals surface area contributed by atoms with Crippen molar-refractivity contribution in [2.24, 2.45) is 4.99 Å². The quantitative estimate of drug-likeness (QED) is 0.159. The second kappa shape index (κ2) is 14.9. The van der Waals surface area contributed by atoms with E-state index < -0.39 is 0 Å². The number of hydrogen-bond acceptors (Lipinski definition) is 4. The first-order valence-electron chi connectivity index (χ1n) is 10.2. The zero-order valence-corrected chi connectivity index (χ0v) is 19.7. The van der Waals surface area contributed by atoms with Crippen LogP contribution in [0.4, 0.5) is 0 Å². The SMILES string of the molecule is C=C(C)CN1CCC(NC(=NCCCOCC)NCCc2ccco2)CC1.I. The maximum atomic E-state index is 5.40. The van der Waals surface area contributed by atoms with Crippen molar-refractivity contribution in [3.63, 3.8) is 0 Å². The molecule has 0 atom stereocenters. The number of nitrogens with one attached hydrogen (secondary N) is 2. The first-order chi connectivity index (χ1) is 13.2. The summed E-state index contributed by atoms with van der Waals surface area (Å²) in [6.07, 6.45) is 5.77. The van der Waals surface area contributed by atoms with Crippen LogP contribution in [-0.2, 0) is 11.2 Å². The van der Waals surface area contributed by atoms with E-state index in [2.05, 4.69) is 29.0 Å². The molecule has 7 heteroatoms. The molecule has 1 aromatic heterocycles. The Balaban J connectivity index is 0.00000392. The van der Waals surface area contributed by atoms with Gasteiger partial charge in [0, 0.05) is 58.4 Å². The third-order valence-electron chi connectivity index (χ3n) is 4.59. The molecule has 6 nitrogen and oxygen atoms in total. The molecular formula is C21H37IN4O2. The molecule has 2 N–H and O–H groups in total. The van der Waals surface area contributed by atoms with Crippen molar-refractivity contribution in [2.75, 3.05) is 45.9 Å². The Kier molecular flexibility index (Phi) is 13.3. The monoisotopic (exact) mass is 504 g/mol. The lowest BCUT2D eigenvalue weighted by atomic mass is 10.0. The van der Waals surface area contributed by atoms with Gasteiger partial charge in [-0.15, -0.1) is 24.0 Å². The molecule has 2 rings (SSSR count). The topological polar surface area (TPSA) is 62.0 Å². The van der Waals surface area contributed by atoms with Crippen LogP contribution in [0.3, 0.4) is 0 Å². The Morgan fingerprint density at radius 2 is 2.18 bits per heavy atom. The van der Waals surface area contributed by atoms with E-state index in [-0.39, 0.29) is 24.0 Å². The van der Waals surface area contributed by atoms with Gasteiger partial charge in [-0.3, -0.25) is 9.89 Å². The highest BCUT2D eigenvalue weighted by atomic mass is 127. The van der Waals surface area contributed by atoms with Crippen molar-refractivity contribution >= 4 is 29.9 Å². The summed E-state index contributed by atoms with van der Waals surface area (Å²) in [5.74, 6) is 1.89. The van der Waals surface area contributed by atoms with Gasteiger partial charge in [0.15, 0.2) is 5.96 Å². The molecule has 28 heavy (non-hydrogen) atoms. The maximum Gasteiger partial charge on any atom is 0.191 e. The molecule has 1 saturated heterocycles. The second-order valence-corrected chi connectivity index (χ2v) is 7.19. The van der Waals surface area contributed by atoms with Crippen LogP contribution in [0.15, 0.2) is 40.0 Å². The van der Waals surface area contributed by atoms with Gasteiger partial charge >= 0.3 is 0 Å². The summed E-state index contributed by atoms with van der Waals surface area (Å²) in [7, 11) is 0. The predicted molar refractivity (Wildman–Crippen MR) is 127 cm³/mol. The van der Waals surface area contributed by atoms with E-state index in [0.29, 0.717) is 6.04 Å². The maximum absolute atomic E-state index is 5.40. The molecule has 160 valence electrons. The molecular weight excluding hydrogens is 467 g/mol. The Morgan fingerprint density at radius 3 is 2.82 bits per heavy atom. The van der Waals surface area contributed by atoms with E-state index >= 15 is 0 Å². The number of piperidine rings is 1. The number of likely N-dealkylation sites (tertiary alicyclic amines) is 1. The average molecular weight is 504 g/mol. The highest BCUT2D eigenvalue weighted by Gasteiger charge is 2.19. The molecule has 0 amide bonds. The van der Waals surface area contributed by atoms with E-state index in [4.69, 9.17) is 14.1 Å². The lowest BCUT2D eigenvalue weighted by Crippen LogP contribution is -2.49. The minimum absolute atomic E-state index is 0. The molecule has 0 bridgehead atoms. The third kappa shape index (κ3) is 10.5. The van der Waals surface area contributed by atoms with Gasteiger partial charge in [0.1, 0.15) is 5.76 Å². The van der Waals surface area contributed by atoms with E-state index in [9.17, 15) is 0 Å². The van der Waals surface area contributed by atoms with Gasteiger partial charge in [0.05, 0.1) is 6.26 Å². The summed E-state index contributed by atoms with van der Waals surface area (Å²) in [5, 5.41) is 7.07. The second-order valence-electron chi connectivity index (χ2n) is 7.19. The van der Waals surface area contributed by atoms with Crippen LogP contribution in [0.25, 0.3) is 0 Å². The van der Waals surface area contributed by atoms with Crippen LogP contribution in [0, 0.1) is 0 Å². The molecule has 1 aliphatic heterocycles. The number of guanidine groups is 1.